The Kier molecular flexibility index (Phi) is 4.73. The molecule has 0 radical (unpaired) electrons. The SMILES string of the molecule is C/C(Br)=C(/C#N)Sc1ccc(Br)cc1. The maximum atomic E-state index is 8.84. The highest BCUT2D eigenvalue weighted by Crippen LogP contribution is 2.30. The Bertz CT molecular complexity index is 386. The van der Waals surface area contributed by atoms with E-state index in [1.165, 1.54) is 11.8 Å². The Morgan fingerprint density at radius 1 is 1.36 bits per heavy atom. The number of thioether (sulfide) groups is 1. The highest BCUT2D eigenvalue weighted by Gasteiger charge is 2.02. The molecule has 0 aromatic heterocycles. The average molecular weight is 333 g/mol. The normalized spacial score (nSPS) is 11.9. The molecule has 0 aliphatic heterocycles. The second-order valence-corrected chi connectivity index (χ2v) is 5.72. The maximum absolute atomic E-state index is 8.84. The molecule has 0 N–H and O–H groups in total. The zero-order chi connectivity index (χ0) is 10.6. The largest absolute Gasteiger partial charge is 0.192 e. The molecule has 1 aromatic rings. The molecule has 72 valence electrons. The van der Waals surface area contributed by atoms with E-state index in [0.717, 1.165) is 13.9 Å². The summed E-state index contributed by atoms with van der Waals surface area (Å²) in [6.45, 7) is 1.87. The molecule has 0 spiro atoms. The van der Waals surface area contributed by atoms with Crippen LogP contribution in [-0.4, -0.2) is 0 Å². The molecule has 1 aromatic carbocycles. The fourth-order valence-corrected chi connectivity index (χ4v) is 2.08. The Morgan fingerprint density at radius 3 is 2.36 bits per heavy atom. The van der Waals surface area contributed by atoms with Gasteiger partial charge >= 0.3 is 0 Å². The summed E-state index contributed by atoms with van der Waals surface area (Å²) in [6.07, 6.45) is 0. The highest BCUT2D eigenvalue weighted by atomic mass is 79.9. The van der Waals surface area contributed by atoms with E-state index in [0.29, 0.717) is 4.91 Å². The van der Waals surface area contributed by atoms with E-state index in [1.807, 2.05) is 31.2 Å². The van der Waals surface area contributed by atoms with Gasteiger partial charge in [0.25, 0.3) is 0 Å². The third-order valence-corrected chi connectivity index (χ3v) is 3.75. The van der Waals surface area contributed by atoms with Gasteiger partial charge in [-0.25, -0.2) is 0 Å². The predicted octanol–water partition coefficient (Wildman–Crippen LogP) is 4.69. The van der Waals surface area contributed by atoms with Gasteiger partial charge in [0.2, 0.25) is 0 Å². The second kappa shape index (κ2) is 5.59. The van der Waals surface area contributed by atoms with Crippen molar-refractivity contribution in [2.45, 2.75) is 11.8 Å². The molecule has 0 unspecified atom stereocenters. The van der Waals surface area contributed by atoms with Crippen molar-refractivity contribution in [3.8, 4) is 6.07 Å². The lowest BCUT2D eigenvalue weighted by Crippen LogP contribution is -1.75. The zero-order valence-electron chi connectivity index (χ0n) is 7.42. The average Bonchev–Trinajstić information content (AvgIpc) is 2.16. The fourth-order valence-electron chi connectivity index (χ4n) is 0.791. The summed E-state index contributed by atoms with van der Waals surface area (Å²) in [6, 6.07) is 10.0. The van der Waals surface area contributed by atoms with Crippen molar-refractivity contribution >= 4 is 43.6 Å². The lowest BCUT2D eigenvalue weighted by Gasteiger charge is -2.00. The van der Waals surface area contributed by atoms with Crippen LogP contribution in [0.3, 0.4) is 0 Å². The molecule has 1 rings (SSSR count). The molecule has 0 aliphatic carbocycles. The van der Waals surface area contributed by atoms with Crippen LogP contribution < -0.4 is 0 Å². The Hall–Kier alpha value is -0.240. The van der Waals surface area contributed by atoms with E-state index < -0.39 is 0 Å². The van der Waals surface area contributed by atoms with Crippen LogP contribution in [0.1, 0.15) is 6.92 Å². The molecule has 0 saturated carbocycles. The Morgan fingerprint density at radius 2 is 1.93 bits per heavy atom. The summed E-state index contributed by atoms with van der Waals surface area (Å²) in [5.41, 5.74) is 0. The number of nitrogens with zero attached hydrogens (tertiary/aromatic N) is 1. The highest BCUT2D eigenvalue weighted by molar-refractivity contribution is 9.11. The molecule has 0 aliphatic rings. The minimum absolute atomic E-state index is 0.687. The predicted molar refractivity (Wildman–Crippen MR) is 67.2 cm³/mol. The van der Waals surface area contributed by atoms with Crippen molar-refractivity contribution in [1.82, 2.24) is 0 Å². The standard InChI is InChI=1S/C10H7Br2NS/c1-7(11)10(6-13)14-9-4-2-8(12)3-5-9/h2-5H,1H3/b10-7+. The minimum Gasteiger partial charge on any atom is -0.192 e. The molecular formula is C10H7Br2NS. The minimum atomic E-state index is 0.687. The summed E-state index contributed by atoms with van der Waals surface area (Å²) in [5.74, 6) is 0. The number of rotatable bonds is 2. The monoisotopic (exact) mass is 331 g/mol. The number of hydrogen-bond acceptors (Lipinski definition) is 2. The first-order chi connectivity index (χ1) is 6.63. The van der Waals surface area contributed by atoms with Gasteiger partial charge in [0.15, 0.2) is 0 Å². The summed E-state index contributed by atoms with van der Waals surface area (Å²) in [5, 5.41) is 8.84. The van der Waals surface area contributed by atoms with Crippen LogP contribution in [0, 0.1) is 11.3 Å². The summed E-state index contributed by atoms with van der Waals surface area (Å²) in [4.78, 5) is 1.75. The topological polar surface area (TPSA) is 23.8 Å². The van der Waals surface area contributed by atoms with Gasteiger partial charge < -0.3 is 0 Å². The van der Waals surface area contributed by atoms with Gasteiger partial charge in [-0.2, -0.15) is 5.26 Å². The summed E-state index contributed by atoms with van der Waals surface area (Å²) in [7, 11) is 0. The first-order valence-electron chi connectivity index (χ1n) is 3.83. The number of halogens is 2. The molecule has 0 saturated heterocycles. The molecule has 4 heteroatoms. The number of benzene rings is 1. The maximum Gasteiger partial charge on any atom is 0.107 e. The third-order valence-electron chi connectivity index (χ3n) is 1.45. The molecule has 0 atom stereocenters. The van der Waals surface area contributed by atoms with Gasteiger partial charge in [-0.1, -0.05) is 43.6 Å². The van der Waals surface area contributed by atoms with Gasteiger partial charge in [-0.15, -0.1) is 0 Å². The van der Waals surface area contributed by atoms with Crippen molar-refractivity contribution < 1.29 is 0 Å². The molecule has 0 amide bonds. The summed E-state index contributed by atoms with van der Waals surface area (Å²) >= 11 is 8.12. The second-order valence-electron chi connectivity index (χ2n) is 2.53. The van der Waals surface area contributed by atoms with Crippen LogP contribution in [-0.2, 0) is 0 Å². The van der Waals surface area contributed by atoms with E-state index in [9.17, 15) is 0 Å². The van der Waals surface area contributed by atoms with E-state index in [4.69, 9.17) is 5.26 Å². The van der Waals surface area contributed by atoms with Crippen LogP contribution in [0.4, 0.5) is 0 Å². The molecule has 14 heavy (non-hydrogen) atoms. The van der Waals surface area contributed by atoms with E-state index in [1.54, 1.807) is 0 Å². The van der Waals surface area contributed by atoms with Crippen molar-refractivity contribution in [1.29, 1.82) is 5.26 Å². The van der Waals surface area contributed by atoms with E-state index in [-0.39, 0.29) is 0 Å². The van der Waals surface area contributed by atoms with Crippen molar-refractivity contribution in [3.63, 3.8) is 0 Å². The first kappa shape index (κ1) is 11.8. The quantitative estimate of drug-likeness (QED) is 0.579. The molecule has 1 nitrogen and oxygen atoms in total. The first-order valence-corrected chi connectivity index (χ1v) is 6.23. The zero-order valence-corrected chi connectivity index (χ0v) is 11.4. The van der Waals surface area contributed by atoms with Gasteiger partial charge in [0, 0.05) is 13.9 Å². The number of hydrogen-bond donors (Lipinski definition) is 0. The lowest BCUT2D eigenvalue weighted by atomic mass is 10.4. The van der Waals surface area contributed by atoms with Crippen molar-refractivity contribution in [3.05, 3.63) is 38.1 Å². The van der Waals surface area contributed by atoms with E-state index >= 15 is 0 Å². The van der Waals surface area contributed by atoms with Gasteiger partial charge in [-0.3, -0.25) is 0 Å². The third kappa shape index (κ3) is 3.49. The van der Waals surface area contributed by atoms with E-state index in [2.05, 4.69) is 37.9 Å². The fraction of sp³-hybridized carbons (Fsp3) is 0.100. The summed E-state index contributed by atoms with van der Waals surface area (Å²) < 4.78 is 1.91. The van der Waals surface area contributed by atoms with Gasteiger partial charge in [-0.05, 0) is 31.2 Å². The number of nitriles is 1. The Balaban J connectivity index is 2.85. The van der Waals surface area contributed by atoms with Crippen LogP contribution >= 0.6 is 43.6 Å². The smallest absolute Gasteiger partial charge is 0.107 e. The van der Waals surface area contributed by atoms with Crippen molar-refractivity contribution in [2.24, 2.45) is 0 Å². The number of allylic oxidation sites excluding steroid dienone is 2. The molecule has 0 fully saturated rings. The molecule has 0 heterocycles. The molecular weight excluding hydrogens is 326 g/mol. The van der Waals surface area contributed by atoms with Crippen LogP contribution in [0.15, 0.2) is 43.0 Å². The van der Waals surface area contributed by atoms with Crippen LogP contribution in [0.5, 0.6) is 0 Å². The Labute approximate surface area is 104 Å². The van der Waals surface area contributed by atoms with Crippen LogP contribution in [0.25, 0.3) is 0 Å². The molecule has 0 bridgehead atoms. The van der Waals surface area contributed by atoms with Gasteiger partial charge in [0.05, 0.1) is 4.91 Å². The van der Waals surface area contributed by atoms with Gasteiger partial charge in [0.1, 0.15) is 6.07 Å². The lowest BCUT2D eigenvalue weighted by molar-refractivity contribution is 1.44. The van der Waals surface area contributed by atoms with Crippen molar-refractivity contribution in [2.75, 3.05) is 0 Å². The van der Waals surface area contributed by atoms with Crippen LogP contribution in [0.2, 0.25) is 0 Å².